The van der Waals surface area contributed by atoms with Crippen molar-refractivity contribution < 1.29 is 14.6 Å². The fourth-order valence-electron chi connectivity index (χ4n) is 3.83. The monoisotopic (exact) mass is 354 g/mol. The van der Waals surface area contributed by atoms with Gasteiger partial charge in [0.05, 0.1) is 6.61 Å². The lowest BCUT2D eigenvalue weighted by Crippen LogP contribution is -2.36. The molecule has 1 aliphatic heterocycles. The molecule has 2 heterocycles. The van der Waals surface area contributed by atoms with Crippen molar-refractivity contribution in [3.63, 3.8) is 0 Å². The number of phenolic OH excluding ortho intramolecular Hbond substituents is 1. The smallest absolute Gasteiger partial charge is 0.226 e. The average molecular weight is 354 g/mol. The van der Waals surface area contributed by atoms with Gasteiger partial charge >= 0.3 is 0 Å². The molecule has 136 valence electrons. The number of allylic oxidation sites excluding steroid dienone is 2. The van der Waals surface area contributed by atoms with E-state index in [0.29, 0.717) is 24.7 Å². The van der Waals surface area contributed by atoms with Gasteiger partial charge in [-0.2, -0.15) is 10.1 Å². The molecule has 1 aromatic carbocycles. The van der Waals surface area contributed by atoms with Gasteiger partial charge in [0.25, 0.3) is 0 Å². The number of ketones is 1. The second kappa shape index (κ2) is 5.86. The first-order chi connectivity index (χ1) is 12.4. The number of phenols is 1. The van der Waals surface area contributed by atoms with Crippen LogP contribution in [0.1, 0.15) is 45.2 Å². The van der Waals surface area contributed by atoms with Gasteiger partial charge in [0.2, 0.25) is 5.95 Å². The Morgan fingerprint density at radius 3 is 2.96 bits per heavy atom. The van der Waals surface area contributed by atoms with Crippen LogP contribution in [0.15, 0.2) is 35.8 Å². The molecule has 0 saturated heterocycles. The lowest BCUT2D eigenvalue weighted by molar-refractivity contribution is -0.118. The predicted molar refractivity (Wildman–Crippen MR) is 96.1 cm³/mol. The third-order valence-electron chi connectivity index (χ3n) is 4.87. The summed E-state index contributed by atoms with van der Waals surface area (Å²) in [6.45, 7) is 6.50. The number of Topliss-reactive ketones (excluding diaryl/α,β-unsaturated/α-hetero) is 1. The van der Waals surface area contributed by atoms with Gasteiger partial charge in [-0.15, -0.1) is 0 Å². The van der Waals surface area contributed by atoms with Crippen molar-refractivity contribution in [3.8, 4) is 11.5 Å². The summed E-state index contributed by atoms with van der Waals surface area (Å²) in [7, 11) is 0. The average Bonchev–Trinajstić information content (AvgIpc) is 3.02. The van der Waals surface area contributed by atoms with E-state index in [2.05, 4.69) is 29.2 Å². The van der Waals surface area contributed by atoms with Crippen molar-refractivity contribution in [3.05, 3.63) is 41.4 Å². The highest BCUT2D eigenvalue weighted by atomic mass is 16.5. The fourth-order valence-corrected chi connectivity index (χ4v) is 3.83. The second-order valence-electron chi connectivity index (χ2n) is 7.55. The Kier molecular flexibility index (Phi) is 3.75. The summed E-state index contributed by atoms with van der Waals surface area (Å²) in [5.41, 5.74) is 2.36. The van der Waals surface area contributed by atoms with Crippen molar-refractivity contribution in [2.24, 2.45) is 5.41 Å². The highest BCUT2D eigenvalue weighted by Gasteiger charge is 2.41. The van der Waals surface area contributed by atoms with Crippen LogP contribution in [0.3, 0.4) is 0 Å². The molecular weight excluding hydrogens is 332 g/mol. The number of hydrogen-bond acceptors (Lipinski definition) is 6. The Balaban J connectivity index is 1.87. The Bertz CT molecular complexity index is 913. The maximum atomic E-state index is 13.0. The van der Waals surface area contributed by atoms with Crippen LogP contribution in [0.25, 0.3) is 0 Å². The topological polar surface area (TPSA) is 89.3 Å². The molecule has 2 aliphatic rings. The van der Waals surface area contributed by atoms with Gasteiger partial charge in [0, 0.05) is 17.7 Å². The van der Waals surface area contributed by atoms with Crippen molar-refractivity contribution in [2.45, 2.75) is 39.7 Å². The van der Waals surface area contributed by atoms with Crippen molar-refractivity contribution in [1.82, 2.24) is 14.8 Å². The van der Waals surface area contributed by atoms with E-state index in [9.17, 15) is 9.90 Å². The van der Waals surface area contributed by atoms with Gasteiger partial charge in [-0.1, -0.05) is 19.9 Å². The highest BCUT2D eigenvalue weighted by molar-refractivity contribution is 6.00. The summed E-state index contributed by atoms with van der Waals surface area (Å²) >= 11 is 0. The summed E-state index contributed by atoms with van der Waals surface area (Å²) < 4.78 is 7.24. The van der Waals surface area contributed by atoms with E-state index < -0.39 is 0 Å². The van der Waals surface area contributed by atoms with E-state index in [1.54, 1.807) is 22.9 Å². The number of carbonyl (C=O) groups is 1. The Morgan fingerprint density at radius 1 is 1.38 bits per heavy atom. The molecule has 0 saturated carbocycles. The fraction of sp³-hybridized carbons (Fsp3) is 0.421. The predicted octanol–water partition coefficient (Wildman–Crippen LogP) is 3.04. The lowest BCUT2D eigenvalue weighted by atomic mass is 9.73. The first-order valence-corrected chi connectivity index (χ1v) is 8.78. The number of nitrogens with one attached hydrogen (secondary N) is 1. The van der Waals surface area contributed by atoms with Crippen molar-refractivity contribution in [2.75, 3.05) is 11.9 Å². The van der Waals surface area contributed by atoms with Crippen LogP contribution in [-0.4, -0.2) is 32.3 Å². The summed E-state index contributed by atoms with van der Waals surface area (Å²) in [4.78, 5) is 17.3. The number of nitrogens with zero attached hydrogens (tertiary/aromatic N) is 3. The van der Waals surface area contributed by atoms with Crippen LogP contribution in [0.2, 0.25) is 0 Å². The molecule has 0 amide bonds. The minimum Gasteiger partial charge on any atom is -0.504 e. The molecule has 1 aromatic heterocycles. The third kappa shape index (κ3) is 2.64. The molecule has 2 N–H and O–H groups in total. The van der Waals surface area contributed by atoms with Crippen LogP contribution < -0.4 is 10.1 Å². The number of anilines is 1. The standard InChI is InChI=1S/C19H22N4O3/c1-4-26-15-7-11(5-6-13(15)24)17-16-12(8-19(2,3)9-14(16)25)22-18-20-10-21-23(17)18/h5-7,10,17,24H,4,8-9H2,1-3H3,(H,20,21,22)/t17-/m0/s1. The third-order valence-corrected chi connectivity index (χ3v) is 4.87. The van der Waals surface area contributed by atoms with Gasteiger partial charge in [-0.3, -0.25) is 4.79 Å². The maximum absolute atomic E-state index is 13.0. The van der Waals surface area contributed by atoms with Gasteiger partial charge < -0.3 is 15.2 Å². The summed E-state index contributed by atoms with van der Waals surface area (Å²) in [5, 5.41) is 17.6. The lowest BCUT2D eigenvalue weighted by Gasteiger charge is -2.38. The largest absolute Gasteiger partial charge is 0.504 e. The second-order valence-corrected chi connectivity index (χ2v) is 7.55. The van der Waals surface area contributed by atoms with E-state index >= 15 is 0 Å². The van der Waals surface area contributed by atoms with Crippen molar-refractivity contribution >= 4 is 11.7 Å². The maximum Gasteiger partial charge on any atom is 0.226 e. The molecule has 4 rings (SSSR count). The van der Waals surface area contributed by atoms with Crippen LogP contribution in [0.4, 0.5) is 5.95 Å². The molecule has 1 atom stereocenters. The highest BCUT2D eigenvalue weighted by Crippen LogP contribution is 2.46. The van der Waals surface area contributed by atoms with Gasteiger partial charge in [-0.25, -0.2) is 4.68 Å². The van der Waals surface area contributed by atoms with Crippen LogP contribution in [0.5, 0.6) is 11.5 Å². The number of carbonyl (C=O) groups excluding carboxylic acids is 1. The number of rotatable bonds is 3. The van der Waals surface area contributed by atoms with Crippen LogP contribution in [0, 0.1) is 5.41 Å². The number of aromatic nitrogens is 3. The minimum atomic E-state index is -0.382. The minimum absolute atomic E-state index is 0.0775. The molecule has 0 radical (unpaired) electrons. The van der Waals surface area contributed by atoms with Crippen molar-refractivity contribution in [1.29, 1.82) is 0 Å². The molecule has 1 aliphatic carbocycles. The first-order valence-electron chi connectivity index (χ1n) is 8.78. The quantitative estimate of drug-likeness (QED) is 0.881. The first kappa shape index (κ1) is 16.6. The number of benzene rings is 1. The molecule has 0 fully saturated rings. The summed E-state index contributed by atoms with van der Waals surface area (Å²) in [6.07, 6.45) is 2.74. The number of ether oxygens (including phenoxy) is 1. The van der Waals surface area contributed by atoms with E-state index in [-0.39, 0.29) is 23.0 Å². The molecule has 26 heavy (non-hydrogen) atoms. The Labute approximate surface area is 151 Å². The van der Waals surface area contributed by atoms with E-state index in [1.807, 2.05) is 6.92 Å². The zero-order valence-electron chi connectivity index (χ0n) is 15.1. The summed E-state index contributed by atoms with van der Waals surface area (Å²) in [5.74, 6) is 1.20. The Hall–Kier alpha value is -2.83. The number of aromatic hydroxyl groups is 1. The van der Waals surface area contributed by atoms with Gasteiger partial charge in [0.1, 0.15) is 12.4 Å². The van der Waals surface area contributed by atoms with E-state index in [1.165, 1.54) is 6.33 Å². The molecule has 7 heteroatoms. The van der Waals surface area contributed by atoms with Crippen LogP contribution >= 0.6 is 0 Å². The Morgan fingerprint density at radius 2 is 2.19 bits per heavy atom. The number of fused-ring (bicyclic) bond motifs is 1. The normalized spacial score (nSPS) is 21.0. The zero-order chi connectivity index (χ0) is 18.5. The molecule has 2 aromatic rings. The number of hydrogen-bond donors (Lipinski definition) is 2. The molecule has 0 bridgehead atoms. The molecule has 0 spiro atoms. The van der Waals surface area contributed by atoms with Crippen LogP contribution in [-0.2, 0) is 4.79 Å². The molecular formula is C19H22N4O3. The van der Waals surface area contributed by atoms with E-state index in [0.717, 1.165) is 23.3 Å². The van der Waals surface area contributed by atoms with E-state index in [4.69, 9.17) is 4.74 Å². The molecule has 0 unspecified atom stereocenters. The van der Waals surface area contributed by atoms with Gasteiger partial charge in [-0.05, 0) is 36.5 Å². The summed E-state index contributed by atoms with van der Waals surface area (Å²) in [6, 6.07) is 4.79. The zero-order valence-corrected chi connectivity index (χ0v) is 15.1. The molecule has 7 nitrogen and oxygen atoms in total. The SMILES string of the molecule is CCOc1cc([C@H]2C3=C(CC(C)(C)CC3=O)Nc3ncnn32)ccc1O. The van der Waals surface area contributed by atoms with Gasteiger partial charge in [0.15, 0.2) is 17.3 Å².